The standard InChI is InChI=1S/C33H56O28/c34-1-9-14(40)17(43)20(46)32(55-9)60-26-16(42)10(2-35)56-33(23(26)49)58-24-8(38)5-52-31(22(24)48)57-12-6-53-30(19(45)15(12)41)59-25-11(3-36)54-28(50)27(21(25)47)61-29-18(44)13(39)7(37)4-51-29/h7-50H,1-6H2/t7-,8-,9-,10-,11+,12-,13+,14+,15+,16-,17+,18-,19-,20-,21-,22-,23-,24+,25-,26+,27+,28-,29+,30+,31+,32+,33+/m1/s1. The van der Waals surface area contributed by atoms with E-state index in [9.17, 15) is 86.8 Å². The Labute approximate surface area is 344 Å². The van der Waals surface area contributed by atoms with Crippen molar-refractivity contribution in [3.05, 3.63) is 0 Å². The van der Waals surface area contributed by atoms with E-state index in [4.69, 9.17) is 52.1 Å². The number of ether oxygens (including phenoxy) is 11. The first-order valence-electron chi connectivity index (χ1n) is 19.4. The van der Waals surface area contributed by atoms with E-state index in [0.717, 1.165) is 0 Å². The summed E-state index contributed by atoms with van der Waals surface area (Å²) in [7, 11) is 0. The van der Waals surface area contributed by atoms with Crippen molar-refractivity contribution in [1.29, 1.82) is 0 Å². The van der Waals surface area contributed by atoms with Gasteiger partial charge in [0.2, 0.25) is 0 Å². The Morgan fingerprint density at radius 3 is 1.41 bits per heavy atom. The van der Waals surface area contributed by atoms with E-state index in [2.05, 4.69) is 0 Å². The molecule has 0 aromatic heterocycles. The van der Waals surface area contributed by atoms with Gasteiger partial charge in [-0.2, -0.15) is 0 Å². The van der Waals surface area contributed by atoms with Crippen molar-refractivity contribution in [3.8, 4) is 0 Å². The summed E-state index contributed by atoms with van der Waals surface area (Å²) in [5, 5.41) is 178. The molecule has 27 atom stereocenters. The highest BCUT2D eigenvalue weighted by molar-refractivity contribution is 4.97. The zero-order valence-electron chi connectivity index (χ0n) is 31.9. The maximum absolute atomic E-state index is 11.2. The largest absolute Gasteiger partial charge is 0.394 e. The molecule has 6 aliphatic heterocycles. The maximum Gasteiger partial charge on any atom is 0.187 e. The normalized spacial score (nSPS) is 53.8. The van der Waals surface area contributed by atoms with Crippen LogP contribution in [-0.4, -0.2) is 292 Å². The summed E-state index contributed by atoms with van der Waals surface area (Å²) in [6.45, 7) is -4.29. The molecular formula is C33H56O28. The Bertz CT molecular complexity index is 1360. The number of hydrogen-bond acceptors (Lipinski definition) is 28. The van der Waals surface area contributed by atoms with E-state index >= 15 is 0 Å². The highest BCUT2D eigenvalue weighted by atomic mass is 16.8. The highest BCUT2D eigenvalue weighted by Crippen LogP contribution is 2.34. The number of aliphatic hydroxyl groups excluding tert-OH is 17. The molecule has 0 aliphatic carbocycles. The molecule has 28 heteroatoms. The zero-order valence-corrected chi connectivity index (χ0v) is 31.9. The van der Waals surface area contributed by atoms with Crippen LogP contribution in [0.15, 0.2) is 0 Å². The van der Waals surface area contributed by atoms with E-state index in [1.54, 1.807) is 0 Å². The fourth-order valence-electron chi connectivity index (χ4n) is 7.64. The van der Waals surface area contributed by atoms with Crippen LogP contribution in [0.5, 0.6) is 0 Å². The minimum Gasteiger partial charge on any atom is -0.394 e. The van der Waals surface area contributed by atoms with Crippen LogP contribution >= 0.6 is 0 Å². The van der Waals surface area contributed by atoms with Gasteiger partial charge in [0.1, 0.15) is 128 Å². The molecule has 0 aromatic rings. The van der Waals surface area contributed by atoms with Crippen molar-refractivity contribution < 1.29 is 139 Å². The molecule has 6 heterocycles. The summed E-state index contributed by atoms with van der Waals surface area (Å²) in [6, 6.07) is 0. The fourth-order valence-corrected chi connectivity index (χ4v) is 7.64. The van der Waals surface area contributed by atoms with Gasteiger partial charge in [-0.15, -0.1) is 0 Å². The fraction of sp³-hybridized carbons (Fsp3) is 1.00. The lowest BCUT2D eigenvalue weighted by molar-refractivity contribution is -0.384. The van der Waals surface area contributed by atoms with Crippen molar-refractivity contribution in [2.45, 2.75) is 166 Å². The second kappa shape index (κ2) is 21.0. The minimum absolute atomic E-state index is 0.483. The van der Waals surface area contributed by atoms with Crippen LogP contribution in [0.4, 0.5) is 0 Å². The number of hydrogen-bond donors (Lipinski definition) is 17. The number of rotatable bonds is 13. The van der Waals surface area contributed by atoms with E-state index in [-0.39, 0.29) is 0 Å². The molecule has 0 bridgehead atoms. The molecule has 28 nitrogen and oxygen atoms in total. The van der Waals surface area contributed by atoms with Gasteiger partial charge in [0.25, 0.3) is 0 Å². The van der Waals surface area contributed by atoms with E-state index in [1.807, 2.05) is 0 Å². The smallest absolute Gasteiger partial charge is 0.187 e. The van der Waals surface area contributed by atoms with Crippen LogP contribution in [0.3, 0.4) is 0 Å². The maximum atomic E-state index is 11.2. The first-order chi connectivity index (χ1) is 28.9. The van der Waals surface area contributed by atoms with Crippen molar-refractivity contribution >= 4 is 0 Å². The molecule has 6 fully saturated rings. The Morgan fingerprint density at radius 1 is 0.328 bits per heavy atom. The second-order valence-electron chi connectivity index (χ2n) is 15.4. The van der Waals surface area contributed by atoms with Crippen molar-refractivity contribution in [1.82, 2.24) is 0 Å². The summed E-state index contributed by atoms with van der Waals surface area (Å²) in [5.74, 6) is 0. The van der Waals surface area contributed by atoms with Crippen molar-refractivity contribution in [2.75, 3.05) is 39.6 Å². The van der Waals surface area contributed by atoms with Gasteiger partial charge in [-0.1, -0.05) is 0 Å². The summed E-state index contributed by atoms with van der Waals surface area (Å²) in [6.07, 6.45) is -47.9. The predicted molar refractivity (Wildman–Crippen MR) is 181 cm³/mol. The third-order valence-corrected chi connectivity index (χ3v) is 11.3. The van der Waals surface area contributed by atoms with E-state index < -0.39 is 206 Å². The molecule has 61 heavy (non-hydrogen) atoms. The summed E-state index contributed by atoms with van der Waals surface area (Å²) < 4.78 is 60.2. The molecule has 0 radical (unpaired) electrons. The molecule has 0 aromatic carbocycles. The third kappa shape index (κ3) is 10.3. The molecule has 17 N–H and O–H groups in total. The average molecular weight is 901 g/mol. The molecule has 6 aliphatic rings. The predicted octanol–water partition coefficient (Wildman–Crippen LogP) is -12.2. The first-order valence-corrected chi connectivity index (χ1v) is 19.4. The molecule has 6 saturated heterocycles. The highest BCUT2D eigenvalue weighted by Gasteiger charge is 2.55. The van der Waals surface area contributed by atoms with Gasteiger partial charge >= 0.3 is 0 Å². The quantitative estimate of drug-likeness (QED) is 0.0816. The lowest BCUT2D eigenvalue weighted by Crippen LogP contribution is -2.66. The van der Waals surface area contributed by atoms with Gasteiger partial charge in [0.15, 0.2) is 37.7 Å². The lowest BCUT2D eigenvalue weighted by atomic mass is 9.96. The first kappa shape index (κ1) is 49.3. The van der Waals surface area contributed by atoms with Gasteiger partial charge in [0.05, 0.1) is 39.6 Å². The SMILES string of the molecule is OC[C@@H]1O[C@@H](O)[C@@H](O[C@@H]2OC[C@@H](O)[C@H](O)[C@H]2O)[C@H](O)[C@@H]1O[C@@H]1OC[C@@H](O[C@@H]2OC[C@@H](O)[C@H](O[C@@H]3O[C@H](CO)[C@@H](O)[C@H](O[C@@H]4O[C@H](CO)[C@H](O)[C@H](O)[C@H]4O)[C@H]3O)[C@H]2O)[C@H](O)[C@H]1O. The molecule has 0 saturated carbocycles. The van der Waals surface area contributed by atoms with Gasteiger partial charge in [-0.05, 0) is 0 Å². The molecule has 0 unspecified atom stereocenters. The Balaban J connectivity index is 1.06. The summed E-state index contributed by atoms with van der Waals surface area (Å²) >= 11 is 0. The Hall–Kier alpha value is -1.12. The van der Waals surface area contributed by atoms with Crippen LogP contribution in [0.2, 0.25) is 0 Å². The zero-order chi connectivity index (χ0) is 44.6. The van der Waals surface area contributed by atoms with E-state index in [0.29, 0.717) is 0 Å². The number of aliphatic hydroxyl groups is 17. The van der Waals surface area contributed by atoms with Crippen molar-refractivity contribution in [2.24, 2.45) is 0 Å². The topological polar surface area (TPSA) is 445 Å². The van der Waals surface area contributed by atoms with Crippen LogP contribution in [-0.2, 0) is 52.1 Å². The van der Waals surface area contributed by atoms with Gasteiger partial charge < -0.3 is 139 Å². The molecular weight excluding hydrogens is 844 g/mol. The monoisotopic (exact) mass is 900 g/mol. The second-order valence-corrected chi connectivity index (χ2v) is 15.4. The van der Waals surface area contributed by atoms with Gasteiger partial charge in [0, 0.05) is 0 Å². The van der Waals surface area contributed by atoms with Crippen LogP contribution in [0.25, 0.3) is 0 Å². The van der Waals surface area contributed by atoms with Crippen LogP contribution in [0.1, 0.15) is 0 Å². The molecule has 0 spiro atoms. The average Bonchev–Trinajstić information content (AvgIpc) is 3.24. The van der Waals surface area contributed by atoms with Gasteiger partial charge in [-0.25, -0.2) is 0 Å². The molecule has 0 amide bonds. The van der Waals surface area contributed by atoms with Crippen LogP contribution in [0, 0.1) is 0 Å². The third-order valence-electron chi connectivity index (χ3n) is 11.3. The summed E-state index contributed by atoms with van der Waals surface area (Å²) in [5.41, 5.74) is 0. The molecule has 356 valence electrons. The lowest BCUT2D eigenvalue weighted by Gasteiger charge is -2.48. The van der Waals surface area contributed by atoms with Crippen LogP contribution < -0.4 is 0 Å². The van der Waals surface area contributed by atoms with Gasteiger partial charge in [-0.3, -0.25) is 0 Å². The van der Waals surface area contributed by atoms with E-state index in [1.165, 1.54) is 0 Å². The molecule has 6 rings (SSSR count). The minimum atomic E-state index is -2.04. The Morgan fingerprint density at radius 2 is 0.787 bits per heavy atom. The van der Waals surface area contributed by atoms with Crippen molar-refractivity contribution in [3.63, 3.8) is 0 Å². The summed E-state index contributed by atoms with van der Waals surface area (Å²) in [4.78, 5) is 0. The Kier molecular flexibility index (Phi) is 17.0.